The summed E-state index contributed by atoms with van der Waals surface area (Å²) >= 11 is 3.14. The Morgan fingerprint density at radius 2 is 1.93 bits per heavy atom. The maximum absolute atomic E-state index is 13.0. The first-order valence-electron chi connectivity index (χ1n) is 10.1. The van der Waals surface area contributed by atoms with E-state index in [2.05, 4.69) is 65.3 Å². The predicted molar refractivity (Wildman–Crippen MR) is 123 cm³/mol. The van der Waals surface area contributed by atoms with Gasteiger partial charge in [0.15, 0.2) is 11.0 Å². The fourth-order valence-electron chi connectivity index (χ4n) is 3.07. The lowest BCUT2D eigenvalue weighted by atomic mass is 10.0. The average molecular weight is 429 g/mol. The topological polar surface area (TPSA) is 59.8 Å². The van der Waals surface area contributed by atoms with Crippen molar-refractivity contribution >= 4 is 34.7 Å². The molecule has 3 aromatic rings. The van der Waals surface area contributed by atoms with E-state index in [0.29, 0.717) is 5.92 Å². The highest BCUT2D eigenvalue weighted by molar-refractivity contribution is 8.00. The molecule has 5 nitrogen and oxygen atoms in total. The first-order chi connectivity index (χ1) is 14.0. The summed E-state index contributed by atoms with van der Waals surface area (Å²) in [6, 6.07) is 10.1. The number of nitrogens with zero attached hydrogens (tertiary/aromatic N) is 3. The first-order valence-corrected chi connectivity index (χ1v) is 11.9. The largest absolute Gasteiger partial charge is 0.325 e. The number of anilines is 1. The highest BCUT2D eigenvalue weighted by Gasteiger charge is 2.23. The Bertz CT molecular complexity index is 917. The Morgan fingerprint density at radius 3 is 2.52 bits per heavy atom. The monoisotopic (exact) mass is 428 g/mol. The van der Waals surface area contributed by atoms with Crippen LogP contribution in [0.5, 0.6) is 0 Å². The number of carbonyl (C=O) groups is 1. The van der Waals surface area contributed by atoms with Crippen LogP contribution in [0, 0.1) is 0 Å². The van der Waals surface area contributed by atoms with Crippen molar-refractivity contribution in [2.45, 2.75) is 63.4 Å². The second-order valence-corrected chi connectivity index (χ2v) is 9.17. The molecular weight excluding hydrogens is 400 g/mol. The number of rotatable bonds is 9. The van der Waals surface area contributed by atoms with E-state index in [9.17, 15) is 4.79 Å². The van der Waals surface area contributed by atoms with Gasteiger partial charge in [-0.1, -0.05) is 51.1 Å². The van der Waals surface area contributed by atoms with Crippen LogP contribution >= 0.6 is 23.1 Å². The zero-order chi connectivity index (χ0) is 20.8. The van der Waals surface area contributed by atoms with E-state index in [4.69, 9.17) is 0 Å². The molecule has 7 heteroatoms. The molecule has 29 heavy (non-hydrogen) atoms. The minimum Gasteiger partial charge on any atom is -0.325 e. The lowest BCUT2D eigenvalue weighted by Crippen LogP contribution is -2.25. The molecule has 2 heterocycles. The molecule has 0 aliphatic rings. The van der Waals surface area contributed by atoms with Crippen LogP contribution in [0.15, 0.2) is 46.2 Å². The highest BCUT2D eigenvalue weighted by Crippen LogP contribution is 2.30. The lowest BCUT2D eigenvalue weighted by Gasteiger charge is -2.16. The van der Waals surface area contributed by atoms with Crippen LogP contribution in [0.2, 0.25) is 0 Å². The molecule has 0 fully saturated rings. The molecule has 0 spiro atoms. The van der Waals surface area contributed by atoms with E-state index in [1.165, 1.54) is 17.3 Å². The van der Waals surface area contributed by atoms with Gasteiger partial charge in [-0.05, 0) is 48.4 Å². The van der Waals surface area contributed by atoms with Crippen molar-refractivity contribution in [1.29, 1.82) is 0 Å². The van der Waals surface area contributed by atoms with Gasteiger partial charge in [0, 0.05) is 23.2 Å². The summed E-state index contributed by atoms with van der Waals surface area (Å²) in [6.07, 6.45) is 1.71. The predicted octanol–water partition coefficient (Wildman–Crippen LogP) is 6.05. The second-order valence-electron chi connectivity index (χ2n) is 7.22. The Hall–Kier alpha value is -2.12. The van der Waals surface area contributed by atoms with Crippen molar-refractivity contribution in [3.8, 4) is 11.4 Å². The SMILES string of the molecule is CCCC(Sc1nnc(-c2ccsc2)n1CC)C(=O)Nc1ccc(C(C)C)cc1. The van der Waals surface area contributed by atoms with Gasteiger partial charge in [0.2, 0.25) is 5.91 Å². The molecule has 154 valence electrons. The van der Waals surface area contributed by atoms with Gasteiger partial charge >= 0.3 is 0 Å². The number of nitrogens with one attached hydrogen (secondary N) is 1. The Labute approximate surface area is 180 Å². The zero-order valence-electron chi connectivity index (χ0n) is 17.4. The molecule has 1 aromatic carbocycles. The molecule has 1 amide bonds. The van der Waals surface area contributed by atoms with Crippen LogP contribution in [0.1, 0.15) is 52.0 Å². The maximum atomic E-state index is 13.0. The van der Waals surface area contributed by atoms with Crippen molar-refractivity contribution in [2.24, 2.45) is 0 Å². The summed E-state index contributed by atoms with van der Waals surface area (Å²) in [7, 11) is 0. The Kier molecular flexibility index (Phi) is 7.50. The first kappa shape index (κ1) is 21.6. The molecule has 0 radical (unpaired) electrons. The van der Waals surface area contributed by atoms with Gasteiger partial charge in [-0.3, -0.25) is 4.79 Å². The fraction of sp³-hybridized carbons (Fsp3) is 0.409. The molecule has 0 aliphatic carbocycles. The molecule has 1 N–H and O–H groups in total. The van der Waals surface area contributed by atoms with E-state index in [1.807, 2.05) is 23.6 Å². The van der Waals surface area contributed by atoms with Gasteiger partial charge in [-0.25, -0.2) is 0 Å². The average Bonchev–Trinajstić information content (AvgIpc) is 3.37. The van der Waals surface area contributed by atoms with Gasteiger partial charge in [0.05, 0.1) is 5.25 Å². The van der Waals surface area contributed by atoms with Crippen molar-refractivity contribution in [2.75, 3.05) is 5.32 Å². The number of thiophene rings is 1. The summed E-state index contributed by atoms with van der Waals surface area (Å²) in [5.74, 6) is 1.34. The number of hydrogen-bond donors (Lipinski definition) is 1. The minimum absolute atomic E-state index is 0.0110. The van der Waals surface area contributed by atoms with Gasteiger partial charge < -0.3 is 9.88 Å². The highest BCUT2D eigenvalue weighted by atomic mass is 32.2. The van der Waals surface area contributed by atoms with Crippen molar-refractivity contribution in [1.82, 2.24) is 14.8 Å². The Balaban J connectivity index is 1.75. The summed E-state index contributed by atoms with van der Waals surface area (Å²) in [6.45, 7) is 9.26. The summed E-state index contributed by atoms with van der Waals surface area (Å²) in [5, 5.41) is 16.5. The van der Waals surface area contributed by atoms with E-state index in [1.54, 1.807) is 11.3 Å². The smallest absolute Gasteiger partial charge is 0.237 e. The summed E-state index contributed by atoms with van der Waals surface area (Å²) in [4.78, 5) is 13.0. The number of amides is 1. The van der Waals surface area contributed by atoms with Crippen LogP contribution in [0.4, 0.5) is 5.69 Å². The second kappa shape index (κ2) is 10.1. The van der Waals surface area contributed by atoms with Crippen LogP contribution in [-0.4, -0.2) is 25.9 Å². The summed E-state index contributed by atoms with van der Waals surface area (Å²) < 4.78 is 2.08. The number of thioether (sulfide) groups is 1. The van der Waals surface area contributed by atoms with Crippen molar-refractivity contribution in [3.63, 3.8) is 0 Å². The van der Waals surface area contributed by atoms with Gasteiger partial charge in [-0.15, -0.1) is 10.2 Å². The number of benzene rings is 1. The quantitative estimate of drug-likeness (QED) is 0.422. The molecule has 0 saturated heterocycles. The van der Waals surface area contributed by atoms with Crippen LogP contribution in [-0.2, 0) is 11.3 Å². The van der Waals surface area contributed by atoms with E-state index >= 15 is 0 Å². The summed E-state index contributed by atoms with van der Waals surface area (Å²) in [5.41, 5.74) is 3.16. The molecule has 0 saturated carbocycles. The lowest BCUT2D eigenvalue weighted by molar-refractivity contribution is -0.115. The molecule has 1 unspecified atom stereocenters. The van der Waals surface area contributed by atoms with E-state index in [-0.39, 0.29) is 11.2 Å². The van der Waals surface area contributed by atoms with E-state index in [0.717, 1.165) is 41.6 Å². The number of carbonyl (C=O) groups excluding carboxylic acids is 1. The van der Waals surface area contributed by atoms with Crippen LogP contribution in [0.3, 0.4) is 0 Å². The third kappa shape index (κ3) is 5.28. The molecule has 0 aliphatic heterocycles. The van der Waals surface area contributed by atoms with Crippen LogP contribution < -0.4 is 5.32 Å². The fourth-order valence-corrected chi connectivity index (χ4v) is 4.91. The van der Waals surface area contributed by atoms with E-state index < -0.39 is 0 Å². The van der Waals surface area contributed by atoms with Crippen molar-refractivity contribution < 1.29 is 4.79 Å². The molecular formula is C22H28N4OS2. The minimum atomic E-state index is -0.213. The van der Waals surface area contributed by atoms with Gasteiger partial charge in [0.1, 0.15) is 0 Å². The van der Waals surface area contributed by atoms with Gasteiger partial charge in [0.25, 0.3) is 0 Å². The molecule has 1 atom stereocenters. The number of aromatic nitrogens is 3. The Morgan fingerprint density at radius 1 is 1.17 bits per heavy atom. The third-order valence-corrected chi connectivity index (χ3v) is 6.68. The normalized spacial score (nSPS) is 12.3. The number of hydrogen-bond acceptors (Lipinski definition) is 5. The maximum Gasteiger partial charge on any atom is 0.237 e. The standard InChI is InChI=1S/C22H28N4OS2/c1-5-7-19(21(27)23-18-10-8-16(9-11-18)15(3)4)29-22-25-24-20(26(22)6-2)17-12-13-28-14-17/h8-15,19H,5-7H2,1-4H3,(H,23,27). The third-order valence-electron chi connectivity index (χ3n) is 4.75. The van der Waals surface area contributed by atoms with Crippen LogP contribution in [0.25, 0.3) is 11.4 Å². The van der Waals surface area contributed by atoms with Crippen molar-refractivity contribution in [3.05, 3.63) is 46.7 Å². The molecule has 3 rings (SSSR count). The van der Waals surface area contributed by atoms with Gasteiger partial charge in [-0.2, -0.15) is 11.3 Å². The molecule has 0 bridgehead atoms. The zero-order valence-corrected chi connectivity index (χ0v) is 19.0. The molecule has 2 aromatic heterocycles.